The highest BCUT2D eigenvalue weighted by atomic mass is 16.8. The van der Waals surface area contributed by atoms with Crippen LogP contribution in [0.3, 0.4) is 0 Å². The topological polar surface area (TPSA) is 107 Å². The summed E-state index contributed by atoms with van der Waals surface area (Å²) in [6, 6.07) is 2.27. The second-order valence-corrected chi connectivity index (χ2v) is 4.35. The molecular formula is C12H17NO7. The lowest BCUT2D eigenvalue weighted by atomic mass is 10.1. The van der Waals surface area contributed by atoms with Crippen molar-refractivity contribution in [1.82, 2.24) is 4.73 Å². The molecule has 0 amide bonds. The van der Waals surface area contributed by atoms with Crippen LogP contribution in [0.25, 0.3) is 0 Å². The second kappa shape index (κ2) is 7.27. The molecule has 1 heterocycles. The second-order valence-electron chi connectivity index (χ2n) is 4.35. The summed E-state index contributed by atoms with van der Waals surface area (Å²) in [6.45, 7) is 3.48. The van der Waals surface area contributed by atoms with E-state index in [-0.39, 0.29) is 31.5 Å². The van der Waals surface area contributed by atoms with Gasteiger partial charge in [0.25, 0.3) is 0 Å². The predicted molar refractivity (Wildman–Crippen MR) is 66.1 cm³/mol. The van der Waals surface area contributed by atoms with E-state index >= 15 is 0 Å². The Bertz CT molecular complexity index is 447. The van der Waals surface area contributed by atoms with Crippen LogP contribution in [0.2, 0.25) is 0 Å². The number of nitrogens with zero attached hydrogens (tertiary/aromatic N) is 1. The third-order valence-electron chi connectivity index (χ3n) is 2.10. The Morgan fingerprint density at radius 2 is 1.70 bits per heavy atom. The minimum Gasteiger partial charge on any atom is -0.492 e. The van der Waals surface area contributed by atoms with Gasteiger partial charge < -0.3 is 19.7 Å². The molecule has 20 heavy (non-hydrogen) atoms. The number of ether oxygens (including phenoxy) is 2. The van der Waals surface area contributed by atoms with E-state index in [2.05, 4.69) is 9.57 Å². The monoisotopic (exact) mass is 287 g/mol. The molecule has 0 saturated heterocycles. The van der Waals surface area contributed by atoms with Crippen LogP contribution in [0, 0.1) is 5.92 Å². The van der Waals surface area contributed by atoms with Crippen LogP contribution in [0.5, 0.6) is 11.8 Å². The Kier molecular flexibility index (Phi) is 5.70. The summed E-state index contributed by atoms with van der Waals surface area (Å²) in [7, 11) is 0. The summed E-state index contributed by atoms with van der Waals surface area (Å²) in [5, 5.41) is 18.4. The van der Waals surface area contributed by atoms with E-state index in [9.17, 15) is 19.8 Å². The maximum absolute atomic E-state index is 11.2. The molecule has 2 N–H and O–H groups in total. The van der Waals surface area contributed by atoms with Gasteiger partial charge in [0, 0.05) is 18.6 Å². The van der Waals surface area contributed by atoms with Crippen molar-refractivity contribution in [2.24, 2.45) is 5.92 Å². The standard InChI is InChI=1S/C12H17NO7/c1-8(2)7-11(16)18-5-6-19-12(17)20-13-9(14)3-4-10(13)15/h3-4,8,14-15H,5-7H2,1-2H3. The average Bonchev–Trinajstić information content (AvgIpc) is 2.65. The van der Waals surface area contributed by atoms with Crippen molar-refractivity contribution in [2.75, 3.05) is 13.2 Å². The molecule has 0 radical (unpaired) electrons. The van der Waals surface area contributed by atoms with Crippen LogP contribution in [0.15, 0.2) is 12.1 Å². The number of hydrogen-bond donors (Lipinski definition) is 2. The van der Waals surface area contributed by atoms with Gasteiger partial charge >= 0.3 is 12.1 Å². The van der Waals surface area contributed by atoms with Gasteiger partial charge in [0.05, 0.1) is 0 Å². The summed E-state index contributed by atoms with van der Waals surface area (Å²) >= 11 is 0. The van der Waals surface area contributed by atoms with Crippen molar-refractivity contribution in [3.05, 3.63) is 12.1 Å². The number of hydrogen-bond acceptors (Lipinski definition) is 7. The highest BCUT2D eigenvalue weighted by Gasteiger charge is 2.13. The number of aromatic nitrogens is 1. The molecule has 1 aromatic heterocycles. The number of carbonyl (C=O) groups is 2. The van der Waals surface area contributed by atoms with Crippen LogP contribution >= 0.6 is 0 Å². The van der Waals surface area contributed by atoms with E-state index in [0.717, 1.165) is 12.1 Å². The van der Waals surface area contributed by atoms with E-state index in [1.54, 1.807) is 0 Å². The van der Waals surface area contributed by atoms with E-state index in [4.69, 9.17) is 4.74 Å². The van der Waals surface area contributed by atoms with Crippen LogP contribution in [0.1, 0.15) is 20.3 Å². The highest BCUT2D eigenvalue weighted by Crippen LogP contribution is 2.18. The minimum atomic E-state index is -1.15. The maximum Gasteiger partial charge on any atom is 0.534 e. The van der Waals surface area contributed by atoms with Crippen molar-refractivity contribution >= 4 is 12.1 Å². The zero-order chi connectivity index (χ0) is 15.1. The van der Waals surface area contributed by atoms with Crippen LogP contribution in [0.4, 0.5) is 4.79 Å². The van der Waals surface area contributed by atoms with Gasteiger partial charge in [0.1, 0.15) is 13.2 Å². The molecule has 0 aliphatic rings. The summed E-state index contributed by atoms with van der Waals surface area (Å²) in [5.74, 6) is -1.10. The zero-order valence-electron chi connectivity index (χ0n) is 11.2. The van der Waals surface area contributed by atoms with E-state index in [0.29, 0.717) is 4.73 Å². The summed E-state index contributed by atoms with van der Waals surface area (Å²) in [4.78, 5) is 26.9. The predicted octanol–water partition coefficient (Wildman–Crippen LogP) is 1.05. The lowest BCUT2D eigenvalue weighted by Gasteiger charge is -2.08. The molecule has 8 nitrogen and oxygen atoms in total. The Morgan fingerprint density at radius 3 is 2.25 bits per heavy atom. The van der Waals surface area contributed by atoms with Gasteiger partial charge in [0.15, 0.2) is 0 Å². The van der Waals surface area contributed by atoms with Crippen molar-refractivity contribution in [3.8, 4) is 11.8 Å². The fraction of sp³-hybridized carbons (Fsp3) is 0.500. The first-order chi connectivity index (χ1) is 9.40. The third kappa shape index (κ3) is 5.09. The lowest BCUT2D eigenvalue weighted by Crippen LogP contribution is -2.22. The Morgan fingerprint density at radius 1 is 1.15 bits per heavy atom. The van der Waals surface area contributed by atoms with Crippen molar-refractivity contribution in [2.45, 2.75) is 20.3 Å². The molecule has 0 bridgehead atoms. The molecule has 112 valence electrons. The molecule has 0 aromatic carbocycles. The number of aromatic hydroxyl groups is 2. The zero-order valence-corrected chi connectivity index (χ0v) is 11.2. The first-order valence-electron chi connectivity index (χ1n) is 6.00. The van der Waals surface area contributed by atoms with Crippen molar-refractivity contribution in [3.63, 3.8) is 0 Å². The van der Waals surface area contributed by atoms with Crippen molar-refractivity contribution < 1.29 is 34.1 Å². The Balaban J connectivity index is 2.23. The first kappa shape index (κ1) is 15.7. The van der Waals surface area contributed by atoms with E-state index in [1.807, 2.05) is 13.8 Å². The molecule has 1 aromatic rings. The summed E-state index contributed by atoms with van der Waals surface area (Å²) < 4.78 is 9.90. The molecular weight excluding hydrogens is 270 g/mol. The molecule has 8 heteroatoms. The van der Waals surface area contributed by atoms with Gasteiger partial charge in [-0.05, 0) is 5.92 Å². The molecule has 0 aliphatic carbocycles. The van der Waals surface area contributed by atoms with Crippen LogP contribution in [-0.2, 0) is 14.3 Å². The lowest BCUT2D eigenvalue weighted by molar-refractivity contribution is -0.145. The quantitative estimate of drug-likeness (QED) is 0.594. The van der Waals surface area contributed by atoms with Gasteiger partial charge in [-0.1, -0.05) is 13.8 Å². The molecule has 0 unspecified atom stereocenters. The normalized spacial score (nSPS) is 10.3. The van der Waals surface area contributed by atoms with Gasteiger partial charge in [-0.15, -0.1) is 4.73 Å². The number of carbonyl (C=O) groups excluding carboxylic acids is 2. The van der Waals surface area contributed by atoms with Crippen LogP contribution < -0.4 is 4.84 Å². The minimum absolute atomic E-state index is 0.0930. The largest absolute Gasteiger partial charge is 0.534 e. The molecule has 0 atom stereocenters. The number of rotatable bonds is 6. The third-order valence-corrected chi connectivity index (χ3v) is 2.10. The summed E-state index contributed by atoms with van der Waals surface area (Å²) in [6.07, 6.45) is -0.859. The SMILES string of the molecule is CC(C)CC(=O)OCCOC(=O)On1c(O)ccc1O. The van der Waals surface area contributed by atoms with E-state index < -0.39 is 17.9 Å². The molecule has 0 saturated carbocycles. The molecule has 0 aliphatic heterocycles. The molecule has 1 rings (SSSR count). The van der Waals surface area contributed by atoms with Gasteiger partial charge in [-0.3, -0.25) is 9.63 Å². The van der Waals surface area contributed by atoms with Gasteiger partial charge in [-0.25, -0.2) is 4.79 Å². The maximum atomic E-state index is 11.2. The smallest absolute Gasteiger partial charge is 0.492 e. The molecule has 0 spiro atoms. The highest BCUT2D eigenvalue weighted by molar-refractivity contribution is 5.69. The van der Waals surface area contributed by atoms with Crippen LogP contribution in [-0.4, -0.2) is 40.3 Å². The molecule has 0 fully saturated rings. The van der Waals surface area contributed by atoms with Gasteiger partial charge in [0.2, 0.25) is 11.8 Å². The first-order valence-corrected chi connectivity index (χ1v) is 6.00. The number of esters is 1. The fourth-order valence-corrected chi connectivity index (χ4v) is 1.27. The van der Waals surface area contributed by atoms with E-state index in [1.165, 1.54) is 0 Å². The average molecular weight is 287 g/mol. The summed E-state index contributed by atoms with van der Waals surface area (Å²) in [5.41, 5.74) is 0. The Hall–Kier alpha value is -2.38. The fourth-order valence-electron chi connectivity index (χ4n) is 1.27. The van der Waals surface area contributed by atoms with Crippen molar-refractivity contribution in [1.29, 1.82) is 0 Å². The Labute approximate surface area is 115 Å². The van der Waals surface area contributed by atoms with Gasteiger partial charge in [-0.2, -0.15) is 0 Å².